The highest BCUT2D eigenvalue weighted by Gasteiger charge is 2.31. The van der Waals surface area contributed by atoms with Crippen LogP contribution in [0.4, 0.5) is 18.9 Å². The number of pyridine rings is 1. The number of nitrogens with zero attached hydrogens (tertiary/aromatic N) is 1. The summed E-state index contributed by atoms with van der Waals surface area (Å²) in [6.07, 6.45) is -3.22. The van der Waals surface area contributed by atoms with Gasteiger partial charge in [0.15, 0.2) is 0 Å². The highest BCUT2D eigenvalue weighted by atomic mass is 32.2. The zero-order valence-electron chi connectivity index (χ0n) is 14.8. The Balaban J connectivity index is 1.68. The fraction of sp³-hybridized carbons (Fsp3) is 0.105. The Morgan fingerprint density at radius 3 is 2.34 bits per heavy atom. The van der Waals surface area contributed by atoms with Crippen LogP contribution in [0.1, 0.15) is 5.69 Å². The molecule has 0 aliphatic heterocycles. The first-order valence-corrected chi connectivity index (χ1v) is 9.71. The van der Waals surface area contributed by atoms with Crippen LogP contribution in [0.25, 0.3) is 0 Å². The van der Waals surface area contributed by atoms with Gasteiger partial charge in [0.25, 0.3) is 10.0 Å². The molecule has 0 bridgehead atoms. The summed E-state index contributed by atoms with van der Waals surface area (Å²) in [5.74, 6) is -0.0915. The Hall–Kier alpha value is -3.27. The van der Waals surface area contributed by atoms with Gasteiger partial charge in [-0.3, -0.25) is 9.71 Å². The summed E-state index contributed by atoms with van der Waals surface area (Å²) < 4.78 is 73.2. The molecule has 152 valence electrons. The van der Waals surface area contributed by atoms with Gasteiger partial charge in [-0.2, -0.15) is 0 Å². The molecular formula is C19H15F3N2O4S. The Kier molecular flexibility index (Phi) is 5.92. The summed E-state index contributed by atoms with van der Waals surface area (Å²) in [4.78, 5) is 3.91. The van der Waals surface area contributed by atoms with Crippen molar-refractivity contribution in [3.63, 3.8) is 0 Å². The van der Waals surface area contributed by atoms with Crippen LogP contribution >= 0.6 is 0 Å². The van der Waals surface area contributed by atoms with E-state index in [1.54, 1.807) is 30.5 Å². The van der Waals surface area contributed by atoms with Crippen LogP contribution < -0.4 is 14.2 Å². The zero-order valence-corrected chi connectivity index (χ0v) is 15.6. The third-order valence-corrected chi connectivity index (χ3v) is 4.96. The fourth-order valence-corrected chi connectivity index (χ4v) is 3.37. The lowest BCUT2D eigenvalue weighted by molar-refractivity contribution is -0.274. The lowest BCUT2D eigenvalue weighted by Gasteiger charge is -2.12. The second-order valence-electron chi connectivity index (χ2n) is 5.76. The minimum absolute atomic E-state index is 0.206. The van der Waals surface area contributed by atoms with Gasteiger partial charge in [0, 0.05) is 12.3 Å². The minimum atomic E-state index is -4.85. The van der Waals surface area contributed by atoms with Crippen LogP contribution in [0.5, 0.6) is 11.5 Å². The molecule has 3 rings (SSSR count). The number of ether oxygens (including phenoxy) is 2. The third-order valence-electron chi connectivity index (χ3n) is 3.57. The molecule has 0 fully saturated rings. The molecule has 6 nitrogen and oxygen atoms in total. The van der Waals surface area contributed by atoms with Crippen molar-refractivity contribution in [3.8, 4) is 11.5 Å². The smallest absolute Gasteiger partial charge is 0.487 e. The Morgan fingerprint density at radius 1 is 0.931 bits per heavy atom. The van der Waals surface area contributed by atoms with Crippen LogP contribution in [0.3, 0.4) is 0 Å². The van der Waals surface area contributed by atoms with Gasteiger partial charge >= 0.3 is 6.36 Å². The number of hydrogen-bond acceptors (Lipinski definition) is 5. The van der Waals surface area contributed by atoms with Crippen molar-refractivity contribution >= 4 is 15.7 Å². The molecular weight excluding hydrogens is 409 g/mol. The van der Waals surface area contributed by atoms with Crippen molar-refractivity contribution in [2.45, 2.75) is 17.9 Å². The summed E-state index contributed by atoms with van der Waals surface area (Å²) in [5, 5.41) is 0. The van der Waals surface area contributed by atoms with E-state index >= 15 is 0 Å². The van der Waals surface area contributed by atoms with Gasteiger partial charge in [-0.25, -0.2) is 8.42 Å². The summed E-state index contributed by atoms with van der Waals surface area (Å²) in [5.41, 5.74) is 0.943. The van der Waals surface area contributed by atoms with Gasteiger partial charge in [0.1, 0.15) is 18.1 Å². The van der Waals surface area contributed by atoms with E-state index in [-0.39, 0.29) is 17.2 Å². The van der Waals surface area contributed by atoms with E-state index in [0.717, 1.165) is 24.3 Å². The number of alkyl halides is 3. The molecule has 2 aromatic carbocycles. The maximum Gasteiger partial charge on any atom is 0.573 e. The van der Waals surface area contributed by atoms with Crippen molar-refractivity contribution in [1.29, 1.82) is 0 Å². The average Bonchev–Trinajstić information content (AvgIpc) is 2.66. The fourth-order valence-electron chi connectivity index (χ4n) is 2.32. The van der Waals surface area contributed by atoms with Crippen LogP contribution in [0, 0.1) is 0 Å². The first kappa shape index (κ1) is 20.5. The van der Waals surface area contributed by atoms with E-state index in [1.807, 2.05) is 6.07 Å². The number of rotatable bonds is 7. The molecule has 0 aliphatic carbocycles. The first-order valence-electron chi connectivity index (χ1n) is 8.23. The SMILES string of the molecule is O=S(=O)(Nc1cccc(OCc2ccccn2)c1)c1ccc(OC(F)(F)F)cc1. The predicted molar refractivity (Wildman–Crippen MR) is 98.9 cm³/mol. The predicted octanol–water partition coefficient (Wildman–Crippen LogP) is 4.36. The molecule has 1 aromatic heterocycles. The van der Waals surface area contributed by atoms with Gasteiger partial charge in [-0.15, -0.1) is 13.2 Å². The van der Waals surface area contributed by atoms with E-state index in [4.69, 9.17) is 4.74 Å². The van der Waals surface area contributed by atoms with E-state index in [9.17, 15) is 21.6 Å². The van der Waals surface area contributed by atoms with Crippen molar-refractivity contribution in [2.75, 3.05) is 4.72 Å². The van der Waals surface area contributed by atoms with Crippen molar-refractivity contribution in [2.24, 2.45) is 0 Å². The Bertz CT molecular complexity index is 1060. The molecule has 0 aliphatic rings. The molecule has 0 atom stereocenters. The normalized spacial score (nSPS) is 11.7. The highest BCUT2D eigenvalue weighted by Crippen LogP contribution is 2.25. The van der Waals surface area contributed by atoms with Gasteiger partial charge in [-0.05, 0) is 48.5 Å². The number of benzene rings is 2. The third kappa shape index (κ3) is 6.11. The molecule has 0 spiro atoms. The topological polar surface area (TPSA) is 77.5 Å². The van der Waals surface area contributed by atoms with Crippen LogP contribution in [-0.4, -0.2) is 19.8 Å². The number of sulfonamides is 1. The first-order chi connectivity index (χ1) is 13.7. The molecule has 0 amide bonds. The summed E-state index contributed by atoms with van der Waals surface area (Å²) in [6, 6.07) is 15.5. The molecule has 0 saturated heterocycles. The molecule has 1 heterocycles. The van der Waals surface area contributed by atoms with Crippen molar-refractivity contribution in [3.05, 3.63) is 78.6 Å². The lowest BCUT2D eigenvalue weighted by Crippen LogP contribution is -2.17. The molecule has 3 aromatic rings. The summed E-state index contributed by atoms with van der Waals surface area (Å²) >= 11 is 0. The van der Waals surface area contributed by atoms with Crippen molar-refractivity contribution < 1.29 is 31.1 Å². The number of halogens is 3. The second-order valence-corrected chi connectivity index (χ2v) is 7.44. The van der Waals surface area contributed by atoms with E-state index in [0.29, 0.717) is 11.4 Å². The van der Waals surface area contributed by atoms with E-state index in [2.05, 4.69) is 14.4 Å². The number of anilines is 1. The quantitative estimate of drug-likeness (QED) is 0.610. The maximum absolute atomic E-state index is 12.5. The molecule has 0 radical (unpaired) electrons. The van der Waals surface area contributed by atoms with Gasteiger partial charge in [0.05, 0.1) is 16.3 Å². The Morgan fingerprint density at radius 2 is 1.69 bits per heavy atom. The van der Waals surface area contributed by atoms with E-state index in [1.165, 1.54) is 12.1 Å². The van der Waals surface area contributed by atoms with Crippen LogP contribution in [0.2, 0.25) is 0 Å². The maximum atomic E-state index is 12.5. The monoisotopic (exact) mass is 424 g/mol. The minimum Gasteiger partial charge on any atom is -0.487 e. The van der Waals surface area contributed by atoms with Gasteiger partial charge in [0.2, 0.25) is 0 Å². The van der Waals surface area contributed by atoms with E-state index < -0.39 is 22.1 Å². The summed E-state index contributed by atoms with van der Waals surface area (Å²) in [7, 11) is -4.01. The van der Waals surface area contributed by atoms with Crippen molar-refractivity contribution in [1.82, 2.24) is 4.98 Å². The number of aromatic nitrogens is 1. The number of nitrogens with one attached hydrogen (secondary N) is 1. The molecule has 10 heteroatoms. The lowest BCUT2D eigenvalue weighted by atomic mass is 10.3. The molecule has 29 heavy (non-hydrogen) atoms. The standard InChI is InChI=1S/C19H15F3N2O4S/c20-19(21,22)28-16-7-9-18(10-8-16)29(25,26)24-14-5-3-6-17(12-14)27-13-15-4-1-2-11-23-15/h1-12,24H,13H2. The van der Waals surface area contributed by atoms with Gasteiger partial charge < -0.3 is 9.47 Å². The molecule has 0 unspecified atom stereocenters. The molecule has 1 N–H and O–H groups in total. The summed E-state index contributed by atoms with van der Waals surface area (Å²) in [6.45, 7) is 0.206. The van der Waals surface area contributed by atoms with Crippen LogP contribution in [0.15, 0.2) is 77.8 Å². The Labute approximate surface area is 165 Å². The average molecular weight is 424 g/mol. The zero-order chi connectivity index (χ0) is 20.9. The highest BCUT2D eigenvalue weighted by molar-refractivity contribution is 7.92. The van der Waals surface area contributed by atoms with Gasteiger partial charge in [-0.1, -0.05) is 12.1 Å². The largest absolute Gasteiger partial charge is 0.573 e. The second kappa shape index (κ2) is 8.39. The van der Waals surface area contributed by atoms with Crippen LogP contribution in [-0.2, 0) is 16.6 Å². The number of hydrogen-bond donors (Lipinski definition) is 1. The molecule has 0 saturated carbocycles.